The summed E-state index contributed by atoms with van der Waals surface area (Å²) in [6.07, 6.45) is 13.3. The molecule has 2 heteroatoms. The third-order valence-corrected chi connectivity index (χ3v) is 10.6. The Kier molecular flexibility index (Phi) is 5.90. The highest BCUT2D eigenvalue weighted by atomic mass is 16.3. The monoisotopic (exact) mass is 426 g/mol. The molecule has 0 bridgehead atoms. The topological polar surface area (TPSA) is 37.3 Å². The molecule has 0 aromatic heterocycles. The first-order valence-electron chi connectivity index (χ1n) is 13.0. The van der Waals surface area contributed by atoms with Crippen LogP contribution in [0.15, 0.2) is 23.3 Å². The number of rotatable bonds is 4. The molecule has 1 N–H and O–H groups in total. The van der Waals surface area contributed by atoms with Crippen LogP contribution in [0.3, 0.4) is 0 Å². The quantitative estimate of drug-likeness (QED) is 0.486. The number of carbonyl (C=O) groups is 1. The average Bonchev–Trinajstić information content (AvgIpc) is 3.01. The van der Waals surface area contributed by atoms with Crippen LogP contribution < -0.4 is 0 Å². The first-order valence-corrected chi connectivity index (χ1v) is 13.0. The SMILES string of the molecule is CC(C)=CCC[C@@H](C)[C@H]1CC[C@H]2[C@@H]3CC=C4C(C)(C)C(=O)CC[C@]4(C)[C@H]3[C@H](O)C[C@]12C. The van der Waals surface area contributed by atoms with Gasteiger partial charge in [0.15, 0.2) is 0 Å². The molecule has 4 rings (SSSR count). The largest absolute Gasteiger partial charge is 0.393 e. The molecule has 0 aromatic carbocycles. The number of aliphatic hydroxyl groups excluding tert-OH is 1. The van der Waals surface area contributed by atoms with Crippen molar-refractivity contribution in [3.05, 3.63) is 23.3 Å². The van der Waals surface area contributed by atoms with Gasteiger partial charge in [0.05, 0.1) is 6.10 Å². The second-order valence-corrected chi connectivity index (χ2v) is 12.9. The predicted molar refractivity (Wildman–Crippen MR) is 129 cm³/mol. The van der Waals surface area contributed by atoms with Gasteiger partial charge in [0.1, 0.15) is 5.78 Å². The molecule has 0 heterocycles. The smallest absolute Gasteiger partial charge is 0.142 e. The summed E-state index contributed by atoms with van der Waals surface area (Å²) in [7, 11) is 0. The van der Waals surface area contributed by atoms with Gasteiger partial charge in [0.25, 0.3) is 0 Å². The molecule has 31 heavy (non-hydrogen) atoms. The van der Waals surface area contributed by atoms with E-state index < -0.39 is 0 Å². The van der Waals surface area contributed by atoms with Gasteiger partial charge in [0.2, 0.25) is 0 Å². The Morgan fingerprint density at radius 1 is 1.23 bits per heavy atom. The van der Waals surface area contributed by atoms with Crippen molar-refractivity contribution in [2.75, 3.05) is 0 Å². The average molecular weight is 427 g/mol. The molecule has 2 nitrogen and oxygen atoms in total. The highest BCUT2D eigenvalue weighted by molar-refractivity contribution is 5.89. The Bertz CT molecular complexity index is 785. The first-order chi connectivity index (χ1) is 14.4. The molecule has 4 aliphatic rings. The van der Waals surface area contributed by atoms with Crippen molar-refractivity contribution < 1.29 is 9.90 Å². The van der Waals surface area contributed by atoms with Crippen molar-refractivity contribution >= 4 is 5.78 Å². The van der Waals surface area contributed by atoms with Crippen LogP contribution in [0, 0.1) is 45.8 Å². The van der Waals surface area contributed by atoms with Gasteiger partial charge < -0.3 is 5.11 Å². The number of hydrogen-bond acceptors (Lipinski definition) is 2. The van der Waals surface area contributed by atoms with E-state index in [4.69, 9.17) is 0 Å². The van der Waals surface area contributed by atoms with Crippen LogP contribution >= 0.6 is 0 Å². The van der Waals surface area contributed by atoms with E-state index in [9.17, 15) is 9.90 Å². The van der Waals surface area contributed by atoms with E-state index in [0.29, 0.717) is 35.9 Å². The third-order valence-electron chi connectivity index (χ3n) is 10.6. The molecule has 0 radical (unpaired) electrons. The minimum atomic E-state index is -0.365. The van der Waals surface area contributed by atoms with Gasteiger partial charge in [-0.25, -0.2) is 0 Å². The summed E-state index contributed by atoms with van der Waals surface area (Å²) in [6.45, 7) is 16.0. The van der Waals surface area contributed by atoms with Crippen molar-refractivity contribution in [1.29, 1.82) is 0 Å². The lowest BCUT2D eigenvalue weighted by Gasteiger charge is -2.61. The van der Waals surface area contributed by atoms with Gasteiger partial charge in [0, 0.05) is 11.8 Å². The number of fused-ring (bicyclic) bond motifs is 5. The van der Waals surface area contributed by atoms with Gasteiger partial charge in [-0.3, -0.25) is 4.79 Å². The lowest BCUT2D eigenvalue weighted by Crippen LogP contribution is -2.58. The zero-order chi connectivity index (χ0) is 22.8. The second-order valence-electron chi connectivity index (χ2n) is 12.9. The highest BCUT2D eigenvalue weighted by Gasteiger charge is 2.63. The number of aliphatic hydroxyl groups is 1. The zero-order valence-corrected chi connectivity index (χ0v) is 21.1. The number of allylic oxidation sites excluding steroid dienone is 4. The maximum atomic E-state index is 12.7. The third kappa shape index (κ3) is 3.51. The van der Waals surface area contributed by atoms with Crippen LogP contribution in [-0.4, -0.2) is 17.0 Å². The molecule has 4 aliphatic carbocycles. The number of hydrogen-bond donors (Lipinski definition) is 1. The fraction of sp³-hybridized carbons (Fsp3) is 0.828. The molecule has 0 aliphatic heterocycles. The van der Waals surface area contributed by atoms with E-state index in [1.54, 1.807) is 0 Å². The number of Topliss-reactive ketones (excluding diaryl/α,β-unsaturated/α-hetero) is 1. The molecular formula is C29H46O2. The summed E-state index contributed by atoms with van der Waals surface area (Å²) >= 11 is 0. The maximum Gasteiger partial charge on any atom is 0.142 e. The lowest BCUT2D eigenvalue weighted by molar-refractivity contribution is -0.144. The Morgan fingerprint density at radius 3 is 2.61 bits per heavy atom. The van der Waals surface area contributed by atoms with Gasteiger partial charge in [-0.05, 0) is 113 Å². The molecule has 3 fully saturated rings. The Morgan fingerprint density at radius 2 is 1.94 bits per heavy atom. The van der Waals surface area contributed by atoms with Crippen LogP contribution in [0.1, 0.15) is 99.8 Å². The molecule has 0 unspecified atom stereocenters. The maximum absolute atomic E-state index is 12.7. The van der Waals surface area contributed by atoms with Crippen LogP contribution in [0.2, 0.25) is 0 Å². The van der Waals surface area contributed by atoms with Crippen LogP contribution in [0.5, 0.6) is 0 Å². The zero-order valence-electron chi connectivity index (χ0n) is 21.1. The molecule has 0 spiro atoms. The van der Waals surface area contributed by atoms with Crippen LogP contribution in [0.25, 0.3) is 0 Å². The fourth-order valence-electron chi connectivity index (χ4n) is 9.16. The van der Waals surface area contributed by atoms with Crippen LogP contribution in [-0.2, 0) is 4.79 Å². The van der Waals surface area contributed by atoms with E-state index in [1.807, 2.05) is 0 Å². The highest BCUT2D eigenvalue weighted by Crippen LogP contribution is 2.68. The summed E-state index contributed by atoms with van der Waals surface area (Å²) in [4.78, 5) is 12.7. The summed E-state index contributed by atoms with van der Waals surface area (Å²) in [6, 6.07) is 0. The van der Waals surface area contributed by atoms with Gasteiger partial charge in [-0.15, -0.1) is 0 Å². The fourth-order valence-corrected chi connectivity index (χ4v) is 9.16. The van der Waals surface area contributed by atoms with E-state index >= 15 is 0 Å². The minimum absolute atomic E-state index is 0.0196. The number of ketones is 1. The predicted octanol–water partition coefficient (Wildman–Crippen LogP) is 7.12. The van der Waals surface area contributed by atoms with E-state index in [1.165, 1.54) is 36.8 Å². The molecule has 0 saturated heterocycles. The van der Waals surface area contributed by atoms with Crippen molar-refractivity contribution in [3.63, 3.8) is 0 Å². The van der Waals surface area contributed by atoms with Crippen molar-refractivity contribution in [2.24, 2.45) is 45.8 Å². The Balaban J connectivity index is 1.61. The summed E-state index contributed by atoms with van der Waals surface area (Å²) in [5.74, 6) is 3.43. The van der Waals surface area contributed by atoms with Gasteiger partial charge in [-0.2, -0.15) is 0 Å². The lowest BCUT2D eigenvalue weighted by atomic mass is 9.43. The normalized spacial score (nSPS) is 44.6. The van der Waals surface area contributed by atoms with Crippen molar-refractivity contribution in [2.45, 2.75) is 106 Å². The molecule has 0 amide bonds. The molecule has 8 atom stereocenters. The molecule has 174 valence electrons. The summed E-state index contributed by atoms with van der Waals surface area (Å²) in [5.41, 5.74) is 2.63. The minimum Gasteiger partial charge on any atom is -0.393 e. The molecule has 0 aromatic rings. The Hall–Kier alpha value is -0.890. The molecular weight excluding hydrogens is 380 g/mol. The number of carbonyl (C=O) groups excluding carboxylic acids is 1. The van der Waals surface area contributed by atoms with Crippen molar-refractivity contribution in [3.8, 4) is 0 Å². The summed E-state index contributed by atoms with van der Waals surface area (Å²) < 4.78 is 0. The van der Waals surface area contributed by atoms with Gasteiger partial charge >= 0.3 is 0 Å². The Labute approximate surface area is 191 Å². The van der Waals surface area contributed by atoms with Gasteiger partial charge in [-0.1, -0.05) is 44.1 Å². The van der Waals surface area contributed by atoms with Crippen LogP contribution in [0.4, 0.5) is 0 Å². The summed E-state index contributed by atoms with van der Waals surface area (Å²) in [5, 5.41) is 11.7. The van der Waals surface area contributed by atoms with Crippen molar-refractivity contribution in [1.82, 2.24) is 0 Å². The van der Waals surface area contributed by atoms with E-state index in [2.05, 4.69) is 60.6 Å². The van der Waals surface area contributed by atoms with E-state index in [-0.39, 0.29) is 22.3 Å². The first kappa shape index (κ1) is 23.3. The second kappa shape index (κ2) is 7.86. The van der Waals surface area contributed by atoms with E-state index in [0.717, 1.165) is 25.2 Å². The standard InChI is InChI=1S/C29H46O2/c1-18(2)9-8-10-19(3)21-12-13-22-20-11-14-24-27(4,5)25(31)15-16-28(24,6)26(20)23(30)17-29(21,22)7/h9,14,19-23,26,30H,8,10-13,15-17H2,1-7H3/t19-,20+,21-,22+,23-,26-,28+,29-/m1/s1. The molecule has 3 saturated carbocycles.